The summed E-state index contributed by atoms with van der Waals surface area (Å²) in [5, 5.41) is 3.63. The number of carbonyl (C=O) groups is 2. The second-order valence-corrected chi connectivity index (χ2v) is 8.91. The Labute approximate surface area is 205 Å². The van der Waals surface area contributed by atoms with Gasteiger partial charge >= 0.3 is 0 Å². The Morgan fingerprint density at radius 2 is 1.53 bits per heavy atom. The van der Waals surface area contributed by atoms with E-state index in [2.05, 4.69) is 5.32 Å². The summed E-state index contributed by atoms with van der Waals surface area (Å²) < 4.78 is 13.5. The molecule has 0 fully saturated rings. The van der Waals surface area contributed by atoms with Gasteiger partial charge in [0.25, 0.3) is 0 Å². The smallest absolute Gasteiger partial charge is 0.243 e. The Morgan fingerprint density at radius 3 is 2.15 bits per heavy atom. The van der Waals surface area contributed by atoms with Crippen molar-refractivity contribution in [2.24, 2.45) is 0 Å². The zero-order valence-electron chi connectivity index (χ0n) is 19.5. The Balaban J connectivity index is 1.95. The molecule has 0 saturated heterocycles. The van der Waals surface area contributed by atoms with E-state index in [4.69, 9.17) is 11.6 Å². The van der Waals surface area contributed by atoms with Crippen molar-refractivity contribution in [1.29, 1.82) is 0 Å². The fourth-order valence-corrected chi connectivity index (χ4v) is 3.79. The second kappa shape index (κ2) is 12.3. The van der Waals surface area contributed by atoms with Crippen LogP contribution in [0.3, 0.4) is 0 Å². The average molecular weight is 481 g/mol. The predicted molar refractivity (Wildman–Crippen MR) is 134 cm³/mol. The lowest BCUT2D eigenvalue weighted by Gasteiger charge is -2.32. The standard InChI is InChI=1S/C28H30ClFN2O2/c1-3-20(2)31-28(34)26(17-21-7-5-4-6-8-21)32(19-23-11-15-25(30)16-12-23)27(33)18-22-9-13-24(29)14-10-22/h4-16,20,26H,3,17-19H2,1-2H3,(H,31,34)/t20-,26-/m1/s1. The molecule has 0 bridgehead atoms. The van der Waals surface area contributed by atoms with Gasteiger partial charge in [-0.1, -0.05) is 73.1 Å². The molecular weight excluding hydrogens is 451 g/mol. The van der Waals surface area contributed by atoms with Crippen molar-refractivity contribution >= 4 is 23.4 Å². The van der Waals surface area contributed by atoms with Crippen LogP contribution < -0.4 is 5.32 Å². The number of amides is 2. The van der Waals surface area contributed by atoms with E-state index in [1.165, 1.54) is 12.1 Å². The summed E-state index contributed by atoms with van der Waals surface area (Å²) in [6.45, 7) is 4.13. The second-order valence-electron chi connectivity index (χ2n) is 8.47. The van der Waals surface area contributed by atoms with Crippen LogP contribution in [0, 0.1) is 5.82 Å². The van der Waals surface area contributed by atoms with Crippen molar-refractivity contribution in [2.75, 3.05) is 0 Å². The van der Waals surface area contributed by atoms with E-state index >= 15 is 0 Å². The van der Waals surface area contributed by atoms with Gasteiger partial charge in [0.15, 0.2) is 0 Å². The molecule has 0 aromatic heterocycles. The van der Waals surface area contributed by atoms with Crippen molar-refractivity contribution < 1.29 is 14.0 Å². The highest BCUT2D eigenvalue weighted by molar-refractivity contribution is 6.30. The molecule has 0 saturated carbocycles. The molecule has 0 aliphatic rings. The first kappa shape index (κ1) is 25.4. The van der Waals surface area contributed by atoms with E-state index in [-0.39, 0.29) is 36.6 Å². The maximum Gasteiger partial charge on any atom is 0.243 e. The van der Waals surface area contributed by atoms with Crippen molar-refractivity contribution in [1.82, 2.24) is 10.2 Å². The Bertz CT molecular complexity index is 1070. The number of halogens is 2. The molecule has 178 valence electrons. The third-order valence-corrected chi connectivity index (χ3v) is 6.06. The van der Waals surface area contributed by atoms with Crippen molar-refractivity contribution in [2.45, 2.75) is 51.7 Å². The lowest BCUT2D eigenvalue weighted by atomic mass is 10.0. The molecule has 34 heavy (non-hydrogen) atoms. The molecule has 0 heterocycles. The lowest BCUT2D eigenvalue weighted by Crippen LogP contribution is -2.52. The summed E-state index contributed by atoms with van der Waals surface area (Å²) in [4.78, 5) is 28.6. The van der Waals surface area contributed by atoms with E-state index in [1.807, 2.05) is 56.3 Å². The van der Waals surface area contributed by atoms with Crippen LogP contribution >= 0.6 is 11.6 Å². The first-order valence-electron chi connectivity index (χ1n) is 11.5. The molecule has 6 heteroatoms. The van der Waals surface area contributed by atoms with E-state index in [0.29, 0.717) is 11.4 Å². The van der Waals surface area contributed by atoms with Gasteiger partial charge in [0.1, 0.15) is 11.9 Å². The minimum Gasteiger partial charge on any atom is -0.352 e. The van der Waals surface area contributed by atoms with Gasteiger partial charge in [-0.15, -0.1) is 0 Å². The predicted octanol–water partition coefficient (Wildman–Crippen LogP) is 5.58. The van der Waals surface area contributed by atoms with E-state index < -0.39 is 6.04 Å². The zero-order valence-corrected chi connectivity index (χ0v) is 20.3. The number of carbonyl (C=O) groups excluding carboxylic acids is 2. The third kappa shape index (κ3) is 7.42. The molecular formula is C28H30ClFN2O2. The Kier molecular flexibility index (Phi) is 9.23. The van der Waals surface area contributed by atoms with Gasteiger partial charge in [0.2, 0.25) is 11.8 Å². The Hall–Kier alpha value is -3.18. The number of hydrogen-bond donors (Lipinski definition) is 1. The molecule has 0 spiro atoms. The fraction of sp³-hybridized carbons (Fsp3) is 0.286. The normalized spacial score (nSPS) is 12.6. The largest absolute Gasteiger partial charge is 0.352 e. The van der Waals surface area contributed by atoms with Crippen LogP contribution in [0.25, 0.3) is 0 Å². The highest BCUT2D eigenvalue weighted by Crippen LogP contribution is 2.18. The molecule has 0 aliphatic carbocycles. The highest BCUT2D eigenvalue weighted by Gasteiger charge is 2.31. The van der Waals surface area contributed by atoms with Crippen LogP contribution in [0.5, 0.6) is 0 Å². The summed E-state index contributed by atoms with van der Waals surface area (Å²) in [6, 6.07) is 22.0. The van der Waals surface area contributed by atoms with Gasteiger partial charge in [-0.3, -0.25) is 9.59 Å². The molecule has 0 unspecified atom stereocenters. The van der Waals surface area contributed by atoms with Crippen LogP contribution in [0.2, 0.25) is 5.02 Å². The molecule has 3 rings (SSSR count). The minimum atomic E-state index is -0.721. The number of nitrogens with zero attached hydrogens (tertiary/aromatic N) is 1. The highest BCUT2D eigenvalue weighted by atomic mass is 35.5. The van der Waals surface area contributed by atoms with Crippen molar-refractivity contribution in [3.63, 3.8) is 0 Å². The van der Waals surface area contributed by atoms with Gasteiger partial charge in [0, 0.05) is 24.0 Å². The maximum atomic E-state index is 13.6. The molecule has 2 atom stereocenters. The van der Waals surface area contributed by atoms with Gasteiger partial charge in [-0.25, -0.2) is 4.39 Å². The molecule has 3 aromatic rings. The zero-order chi connectivity index (χ0) is 24.5. The number of hydrogen-bond acceptors (Lipinski definition) is 2. The first-order chi connectivity index (χ1) is 16.4. The van der Waals surface area contributed by atoms with Gasteiger partial charge in [-0.2, -0.15) is 0 Å². The first-order valence-corrected chi connectivity index (χ1v) is 11.9. The summed E-state index contributed by atoms with van der Waals surface area (Å²) in [7, 11) is 0. The van der Waals surface area contributed by atoms with E-state index in [0.717, 1.165) is 23.1 Å². The summed E-state index contributed by atoms with van der Waals surface area (Å²) in [5.74, 6) is -0.741. The fourth-order valence-electron chi connectivity index (χ4n) is 3.66. The molecule has 3 aromatic carbocycles. The molecule has 2 amide bonds. The quantitative estimate of drug-likeness (QED) is 0.412. The van der Waals surface area contributed by atoms with Gasteiger partial charge in [-0.05, 0) is 54.3 Å². The third-order valence-electron chi connectivity index (χ3n) is 5.81. The summed E-state index contributed by atoms with van der Waals surface area (Å²) in [5.41, 5.74) is 2.51. The average Bonchev–Trinajstić information content (AvgIpc) is 2.84. The van der Waals surface area contributed by atoms with Crippen LogP contribution in [0.15, 0.2) is 78.9 Å². The van der Waals surface area contributed by atoms with Crippen molar-refractivity contribution in [3.05, 3.63) is 106 Å². The van der Waals surface area contributed by atoms with Gasteiger partial charge in [0.05, 0.1) is 6.42 Å². The number of benzene rings is 3. The number of nitrogens with one attached hydrogen (secondary N) is 1. The SMILES string of the molecule is CC[C@@H](C)NC(=O)[C@@H](Cc1ccccc1)N(Cc1ccc(F)cc1)C(=O)Cc1ccc(Cl)cc1. The number of rotatable bonds is 10. The van der Waals surface area contributed by atoms with Crippen LogP contribution in [0.4, 0.5) is 4.39 Å². The molecule has 1 N–H and O–H groups in total. The van der Waals surface area contributed by atoms with Crippen LogP contribution in [-0.4, -0.2) is 28.8 Å². The van der Waals surface area contributed by atoms with E-state index in [1.54, 1.807) is 29.2 Å². The summed E-state index contributed by atoms with van der Waals surface area (Å²) in [6.07, 6.45) is 1.28. The van der Waals surface area contributed by atoms with E-state index in [9.17, 15) is 14.0 Å². The molecule has 0 aliphatic heterocycles. The molecule has 4 nitrogen and oxygen atoms in total. The lowest BCUT2D eigenvalue weighted by molar-refractivity contribution is -0.141. The molecule has 0 radical (unpaired) electrons. The van der Waals surface area contributed by atoms with Crippen LogP contribution in [0.1, 0.15) is 37.0 Å². The Morgan fingerprint density at radius 1 is 0.912 bits per heavy atom. The van der Waals surface area contributed by atoms with Crippen LogP contribution in [-0.2, 0) is 29.0 Å². The topological polar surface area (TPSA) is 49.4 Å². The maximum absolute atomic E-state index is 13.6. The van der Waals surface area contributed by atoms with Crippen molar-refractivity contribution in [3.8, 4) is 0 Å². The van der Waals surface area contributed by atoms with Gasteiger partial charge < -0.3 is 10.2 Å². The minimum absolute atomic E-state index is 0.0233. The monoisotopic (exact) mass is 480 g/mol. The summed E-state index contributed by atoms with van der Waals surface area (Å²) >= 11 is 6.00.